The van der Waals surface area contributed by atoms with Crippen molar-refractivity contribution in [1.29, 1.82) is 0 Å². The number of nitrogens with one attached hydrogen (secondary N) is 3. The van der Waals surface area contributed by atoms with Gasteiger partial charge < -0.3 is 35.9 Å². The number of likely N-dealkylation sites (tertiary alicyclic amines) is 1. The second kappa shape index (κ2) is 12.3. The Labute approximate surface area is 198 Å². The van der Waals surface area contributed by atoms with E-state index in [4.69, 9.17) is 31.5 Å². The maximum atomic E-state index is 12.8. The van der Waals surface area contributed by atoms with Crippen molar-refractivity contribution in [3.63, 3.8) is 0 Å². The van der Waals surface area contributed by atoms with E-state index in [1.807, 2.05) is 4.90 Å². The molecule has 0 bridgehead atoms. The predicted octanol–water partition coefficient (Wildman–Crippen LogP) is -0.360. The Hall–Kier alpha value is -2.18. The van der Waals surface area contributed by atoms with Gasteiger partial charge in [-0.25, -0.2) is 0 Å². The molecule has 1 aromatic heterocycles. The van der Waals surface area contributed by atoms with Gasteiger partial charge in [-0.3, -0.25) is 14.5 Å². The number of amides is 1. The average Bonchev–Trinajstić information content (AvgIpc) is 2.82. The molecule has 3 rings (SSSR count). The molecule has 0 aromatic carbocycles. The lowest BCUT2D eigenvalue weighted by Gasteiger charge is -2.37. The van der Waals surface area contributed by atoms with Crippen molar-refractivity contribution in [2.45, 2.75) is 31.0 Å². The molecule has 5 N–H and O–H groups in total. The fourth-order valence-corrected chi connectivity index (χ4v) is 4.19. The predicted molar refractivity (Wildman–Crippen MR) is 124 cm³/mol. The Morgan fingerprint density at radius 3 is 2.88 bits per heavy atom. The second-order valence-electron chi connectivity index (χ2n) is 8.15. The molecule has 0 radical (unpaired) electrons. The molecule has 2 aliphatic rings. The van der Waals surface area contributed by atoms with Crippen LogP contribution in [0.3, 0.4) is 0 Å². The second-order valence-corrected chi connectivity index (χ2v) is 8.56. The Balaban J connectivity index is 1.47. The summed E-state index contributed by atoms with van der Waals surface area (Å²) < 4.78 is 16.2. The quantitative estimate of drug-likeness (QED) is 0.343. The number of nitrogens with zero attached hydrogens (tertiary/aromatic N) is 2. The number of carbonyl (C=O) groups is 2. The van der Waals surface area contributed by atoms with Gasteiger partial charge in [0.1, 0.15) is 11.4 Å². The minimum atomic E-state index is -0.382. The number of anilines is 1. The number of aromatic nitrogens is 1. The normalized spacial score (nSPS) is 23.7. The van der Waals surface area contributed by atoms with Gasteiger partial charge in [-0.15, -0.1) is 0 Å². The third kappa shape index (κ3) is 7.15. The number of hydrogen-bond acceptors (Lipinski definition) is 10. The van der Waals surface area contributed by atoms with Gasteiger partial charge in [-0.2, -0.15) is 4.98 Å². The summed E-state index contributed by atoms with van der Waals surface area (Å²) in [5.74, 6) is -0.454. The molecule has 0 saturated carbocycles. The molecule has 0 spiro atoms. The Kier molecular flexibility index (Phi) is 9.51. The van der Waals surface area contributed by atoms with Gasteiger partial charge >= 0.3 is 5.97 Å². The van der Waals surface area contributed by atoms with Crippen LogP contribution < -0.4 is 26.4 Å². The van der Waals surface area contributed by atoms with E-state index in [1.54, 1.807) is 7.11 Å². The summed E-state index contributed by atoms with van der Waals surface area (Å²) in [5.41, 5.74) is 5.89. The summed E-state index contributed by atoms with van der Waals surface area (Å²) in [4.78, 5) is 31.1. The first-order chi connectivity index (χ1) is 15.9. The first-order valence-electron chi connectivity index (χ1n) is 11.1. The molecule has 1 unspecified atom stereocenters. The lowest BCUT2D eigenvalue weighted by atomic mass is 10.0. The van der Waals surface area contributed by atoms with Crippen molar-refractivity contribution in [2.24, 2.45) is 0 Å². The van der Waals surface area contributed by atoms with Gasteiger partial charge in [0.25, 0.3) is 5.91 Å². The average molecular weight is 485 g/mol. The highest BCUT2D eigenvalue weighted by molar-refractivity contribution is 6.33. The number of rotatable bonds is 9. The van der Waals surface area contributed by atoms with E-state index in [9.17, 15) is 9.59 Å². The maximum Gasteiger partial charge on any atom is 0.320 e. The molecular formula is C21H33ClN6O5. The first kappa shape index (κ1) is 25.4. The Bertz CT molecular complexity index is 823. The van der Waals surface area contributed by atoms with Crippen molar-refractivity contribution in [3.05, 3.63) is 16.7 Å². The number of methoxy groups -OCH3 is 2. The Morgan fingerprint density at radius 1 is 1.36 bits per heavy atom. The van der Waals surface area contributed by atoms with Gasteiger partial charge in [0, 0.05) is 45.9 Å². The van der Waals surface area contributed by atoms with Crippen LogP contribution in [0.2, 0.25) is 5.02 Å². The zero-order valence-electron chi connectivity index (χ0n) is 19.1. The number of piperidine rings is 1. The largest absolute Gasteiger partial charge is 0.480 e. The number of carbonyl (C=O) groups excluding carboxylic acids is 2. The highest BCUT2D eigenvalue weighted by Gasteiger charge is 2.32. The summed E-state index contributed by atoms with van der Waals surface area (Å²) in [6, 6.07) is 1.51. The number of nitrogen functional groups attached to an aromatic ring is 1. The molecule has 0 aliphatic carbocycles. The third-order valence-corrected chi connectivity index (χ3v) is 6.18. The number of nitrogens with two attached hydrogens (primary N) is 1. The van der Waals surface area contributed by atoms with Crippen LogP contribution in [-0.4, -0.2) is 100 Å². The van der Waals surface area contributed by atoms with Gasteiger partial charge in [0.15, 0.2) is 0 Å². The van der Waals surface area contributed by atoms with Crippen molar-refractivity contribution in [3.8, 4) is 5.88 Å². The number of halogens is 1. The molecule has 2 fully saturated rings. The van der Waals surface area contributed by atoms with Crippen molar-refractivity contribution in [2.75, 3.05) is 65.8 Å². The van der Waals surface area contributed by atoms with Gasteiger partial charge in [-0.05, 0) is 18.9 Å². The monoisotopic (exact) mass is 484 g/mol. The van der Waals surface area contributed by atoms with E-state index in [2.05, 4.69) is 20.9 Å². The number of piperazine rings is 1. The highest BCUT2D eigenvalue weighted by atomic mass is 35.5. The molecule has 1 aromatic rings. The first-order valence-corrected chi connectivity index (χ1v) is 11.4. The van der Waals surface area contributed by atoms with Crippen LogP contribution in [0.4, 0.5) is 5.82 Å². The van der Waals surface area contributed by atoms with E-state index in [-0.39, 0.29) is 52.9 Å². The van der Waals surface area contributed by atoms with Crippen molar-refractivity contribution in [1.82, 2.24) is 25.8 Å². The fraction of sp³-hybridized carbons (Fsp3) is 0.667. The number of pyridine rings is 1. The summed E-state index contributed by atoms with van der Waals surface area (Å²) in [5, 5.41) is 9.84. The molecule has 184 valence electrons. The molecule has 3 atom stereocenters. The minimum Gasteiger partial charge on any atom is -0.480 e. The molecule has 33 heavy (non-hydrogen) atoms. The standard InChI is InChI=1S/C21H33ClN6O5/c1-31-17-11-28(12-18(29)33-8-4-13-10-24-5-6-25-13)7-3-16(17)26-20(30)14-9-15(22)19(23)27-21(14)32-2/h9,13,16-17,24-25H,3-8,10-12H2,1-2H3,(H2,23,27)(H,26,30)/t13?,16-,17+/m1/s1. The van der Waals surface area contributed by atoms with Crippen molar-refractivity contribution >= 4 is 29.3 Å². The van der Waals surface area contributed by atoms with Crippen LogP contribution in [0.15, 0.2) is 6.07 Å². The fourth-order valence-electron chi connectivity index (χ4n) is 4.04. The molecule has 3 heterocycles. The number of esters is 1. The van der Waals surface area contributed by atoms with Crippen LogP contribution >= 0.6 is 11.6 Å². The third-order valence-electron chi connectivity index (χ3n) is 5.88. The summed E-state index contributed by atoms with van der Waals surface area (Å²) >= 11 is 6.03. The van der Waals surface area contributed by atoms with Crippen LogP contribution in [0.1, 0.15) is 23.2 Å². The molecule has 12 heteroatoms. The molecule has 2 aliphatic heterocycles. The summed E-state index contributed by atoms with van der Waals surface area (Å²) in [6.07, 6.45) is 1.09. The lowest BCUT2D eigenvalue weighted by molar-refractivity contribution is -0.146. The molecule has 11 nitrogen and oxygen atoms in total. The zero-order chi connectivity index (χ0) is 23.8. The number of ether oxygens (including phenoxy) is 3. The van der Waals surface area contributed by atoms with E-state index >= 15 is 0 Å². The van der Waals surface area contributed by atoms with Gasteiger partial charge in [-0.1, -0.05) is 11.6 Å². The highest BCUT2D eigenvalue weighted by Crippen LogP contribution is 2.25. The van der Waals surface area contributed by atoms with Crippen LogP contribution in [0, 0.1) is 0 Å². The molecular weight excluding hydrogens is 452 g/mol. The Morgan fingerprint density at radius 2 is 2.18 bits per heavy atom. The molecule has 2 saturated heterocycles. The smallest absolute Gasteiger partial charge is 0.320 e. The SMILES string of the molecule is COc1nc(N)c(Cl)cc1C(=O)N[C@@H]1CCN(CC(=O)OCCC2CNCCN2)C[C@@H]1OC. The van der Waals surface area contributed by atoms with Gasteiger partial charge in [0.2, 0.25) is 5.88 Å². The molecule has 1 amide bonds. The maximum absolute atomic E-state index is 12.8. The van der Waals surface area contributed by atoms with Crippen LogP contribution in [-0.2, 0) is 14.3 Å². The topological polar surface area (TPSA) is 140 Å². The van der Waals surface area contributed by atoms with Gasteiger partial charge in [0.05, 0.1) is 37.4 Å². The van der Waals surface area contributed by atoms with E-state index in [0.29, 0.717) is 32.2 Å². The van der Waals surface area contributed by atoms with Crippen LogP contribution in [0.5, 0.6) is 5.88 Å². The summed E-state index contributed by atoms with van der Waals surface area (Å²) in [6.45, 7) is 4.45. The van der Waals surface area contributed by atoms with E-state index in [1.165, 1.54) is 13.2 Å². The van der Waals surface area contributed by atoms with E-state index < -0.39 is 0 Å². The van der Waals surface area contributed by atoms with E-state index in [0.717, 1.165) is 26.1 Å². The van der Waals surface area contributed by atoms with Crippen LogP contribution in [0.25, 0.3) is 0 Å². The summed E-state index contributed by atoms with van der Waals surface area (Å²) in [7, 11) is 2.99. The van der Waals surface area contributed by atoms with Crippen molar-refractivity contribution < 1.29 is 23.8 Å². The number of hydrogen-bond donors (Lipinski definition) is 4. The zero-order valence-corrected chi connectivity index (χ0v) is 19.8. The minimum absolute atomic E-state index is 0.0895. The lowest BCUT2D eigenvalue weighted by Crippen LogP contribution is -2.55.